The van der Waals surface area contributed by atoms with Crippen molar-refractivity contribution < 1.29 is 14.7 Å². The fourth-order valence-electron chi connectivity index (χ4n) is 1.17. The summed E-state index contributed by atoms with van der Waals surface area (Å²) >= 11 is 0. The highest BCUT2D eigenvalue weighted by atomic mass is 16.6. The molecule has 2 rings (SSSR count). The average molecular weight is 176 g/mol. The van der Waals surface area contributed by atoms with Gasteiger partial charge in [-0.15, -0.1) is 0 Å². The SMILES string of the molecule is [O]C(=O)C1=NOc2ccccc2C1. The number of fused-ring (bicyclic) bond motifs is 1. The summed E-state index contributed by atoms with van der Waals surface area (Å²) in [5, 5.41) is 13.9. The van der Waals surface area contributed by atoms with Crippen molar-refractivity contribution in [3.63, 3.8) is 0 Å². The maximum Gasteiger partial charge on any atom is 0.404 e. The molecule has 4 nitrogen and oxygen atoms in total. The molecule has 1 aromatic rings. The van der Waals surface area contributed by atoms with Crippen molar-refractivity contribution in [1.82, 2.24) is 0 Å². The van der Waals surface area contributed by atoms with E-state index >= 15 is 0 Å². The number of nitrogens with zero attached hydrogens (tertiary/aromatic N) is 1. The molecule has 0 N–H and O–H groups in total. The lowest BCUT2D eigenvalue weighted by molar-refractivity contribution is -0.135. The zero-order valence-electron chi connectivity index (χ0n) is 6.69. The van der Waals surface area contributed by atoms with Gasteiger partial charge in [-0.25, -0.2) is 9.90 Å². The van der Waals surface area contributed by atoms with Crippen LogP contribution < -0.4 is 4.84 Å². The van der Waals surface area contributed by atoms with Gasteiger partial charge in [0.15, 0.2) is 11.5 Å². The van der Waals surface area contributed by atoms with Crippen LogP contribution in [0.15, 0.2) is 29.4 Å². The van der Waals surface area contributed by atoms with Crippen LogP contribution in [0.1, 0.15) is 5.56 Å². The molecule has 0 aliphatic carbocycles. The number of hydrogen-bond donors (Lipinski definition) is 0. The van der Waals surface area contributed by atoms with E-state index in [1.165, 1.54) is 0 Å². The van der Waals surface area contributed by atoms with Gasteiger partial charge < -0.3 is 4.84 Å². The highest BCUT2D eigenvalue weighted by molar-refractivity contribution is 6.36. The highest BCUT2D eigenvalue weighted by Crippen LogP contribution is 2.22. The van der Waals surface area contributed by atoms with E-state index < -0.39 is 5.97 Å². The molecule has 0 amide bonds. The van der Waals surface area contributed by atoms with E-state index in [0.29, 0.717) is 5.75 Å². The van der Waals surface area contributed by atoms with E-state index in [2.05, 4.69) is 5.16 Å². The zero-order valence-corrected chi connectivity index (χ0v) is 6.69. The van der Waals surface area contributed by atoms with Crippen LogP contribution in [0.2, 0.25) is 0 Å². The van der Waals surface area contributed by atoms with Crippen molar-refractivity contribution >= 4 is 11.7 Å². The summed E-state index contributed by atoms with van der Waals surface area (Å²) in [6, 6.07) is 7.16. The van der Waals surface area contributed by atoms with Crippen LogP contribution in [-0.4, -0.2) is 11.7 Å². The Kier molecular flexibility index (Phi) is 1.73. The number of rotatable bonds is 1. The van der Waals surface area contributed by atoms with Gasteiger partial charge >= 0.3 is 5.97 Å². The smallest absolute Gasteiger partial charge is 0.356 e. The molecule has 13 heavy (non-hydrogen) atoms. The van der Waals surface area contributed by atoms with Gasteiger partial charge in [0.05, 0.1) is 0 Å². The number of benzene rings is 1. The lowest BCUT2D eigenvalue weighted by Gasteiger charge is -2.11. The van der Waals surface area contributed by atoms with E-state index in [0.717, 1.165) is 5.56 Å². The van der Waals surface area contributed by atoms with Crippen LogP contribution >= 0.6 is 0 Å². The van der Waals surface area contributed by atoms with Gasteiger partial charge in [0.25, 0.3) is 0 Å². The molecule has 1 aliphatic rings. The van der Waals surface area contributed by atoms with Crippen molar-refractivity contribution in [3.8, 4) is 5.75 Å². The molecule has 1 heterocycles. The molecule has 4 heteroatoms. The molecular weight excluding hydrogens is 170 g/mol. The predicted molar refractivity (Wildman–Crippen MR) is 43.9 cm³/mol. The van der Waals surface area contributed by atoms with Gasteiger partial charge in [0, 0.05) is 12.0 Å². The fraction of sp³-hybridized carbons (Fsp3) is 0.111. The first-order valence-corrected chi connectivity index (χ1v) is 3.80. The average Bonchev–Trinajstić information content (AvgIpc) is 2.17. The first-order valence-electron chi connectivity index (χ1n) is 3.80. The minimum absolute atomic E-state index is 0.0706. The molecule has 0 unspecified atom stereocenters. The molecule has 65 valence electrons. The normalized spacial score (nSPS) is 14.0. The molecular formula is C9H6NO3. The predicted octanol–water partition coefficient (Wildman–Crippen LogP) is 0.935. The Morgan fingerprint density at radius 2 is 2.15 bits per heavy atom. The van der Waals surface area contributed by atoms with Crippen molar-refractivity contribution in [1.29, 1.82) is 0 Å². The molecule has 0 saturated heterocycles. The van der Waals surface area contributed by atoms with Crippen LogP contribution in [0.25, 0.3) is 0 Å². The van der Waals surface area contributed by atoms with E-state index in [1.807, 2.05) is 6.07 Å². The lowest BCUT2D eigenvalue weighted by atomic mass is 10.1. The second kappa shape index (κ2) is 2.90. The van der Waals surface area contributed by atoms with E-state index in [-0.39, 0.29) is 12.1 Å². The number of para-hydroxylation sites is 1. The second-order valence-electron chi connectivity index (χ2n) is 2.70. The topological polar surface area (TPSA) is 58.6 Å². The summed E-state index contributed by atoms with van der Waals surface area (Å²) in [6.07, 6.45) is 0.262. The highest BCUT2D eigenvalue weighted by Gasteiger charge is 2.20. The first-order chi connectivity index (χ1) is 6.27. The third kappa shape index (κ3) is 1.38. The quantitative estimate of drug-likeness (QED) is 0.639. The van der Waals surface area contributed by atoms with Gasteiger partial charge in [-0.1, -0.05) is 23.4 Å². The molecule has 0 spiro atoms. The third-order valence-corrected chi connectivity index (χ3v) is 1.82. The Morgan fingerprint density at radius 3 is 2.92 bits per heavy atom. The maximum absolute atomic E-state index is 10.4. The van der Waals surface area contributed by atoms with E-state index in [1.54, 1.807) is 18.2 Å². The second-order valence-corrected chi connectivity index (χ2v) is 2.70. The molecule has 1 aromatic carbocycles. The minimum atomic E-state index is -1.28. The van der Waals surface area contributed by atoms with Crippen LogP contribution in [0.5, 0.6) is 5.75 Å². The van der Waals surface area contributed by atoms with Crippen LogP contribution in [0.3, 0.4) is 0 Å². The summed E-state index contributed by atoms with van der Waals surface area (Å²) in [6.45, 7) is 0. The van der Waals surface area contributed by atoms with Crippen molar-refractivity contribution in [2.75, 3.05) is 0 Å². The summed E-state index contributed by atoms with van der Waals surface area (Å²) in [7, 11) is 0. The van der Waals surface area contributed by atoms with Crippen LogP contribution in [0, 0.1) is 0 Å². The lowest BCUT2D eigenvalue weighted by Crippen LogP contribution is -2.19. The van der Waals surface area contributed by atoms with Gasteiger partial charge in [0.1, 0.15) is 0 Å². The Hall–Kier alpha value is -1.84. The van der Waals surface area contributed by atoms with Crippen LogP contribution in [0.4, 0.5) is 0 Å². The number of carbonyl (C=O) groups excluding carboxylic acids is 1. The summed E-state index contributed by atoms with van der Waals surface area (Å²) in [5.41, 5.74) is 0.746. The van der Waals surface area contributed by atoms with Crippen molar-refractivity contribution in [2.45, 2.75) is 6.42 Å². The number of carbonyl (C=O) groups is 1. The third-order valence-electron chi connectivity index (χ3n) is 1.82. The van der Waals surface area contributed by atoms with E-state index in [4.69, 9.17) is 4.84 Å². The molecule has 0 bridgehead atoms. The molecule has 0 aromatic heterocycles. The number of hydrogen-bond acceptors (Lipinski definition) is 3. The Bertz CT molecular complexity index is 384. The van der Waals surface area contributed by atoms with Crippen LogP contribution in [-0.2, 0) is 16.3 Å². The Morgan fingerprint density at radius 1 is 1.38 bits per heavy atom. The Balaban J connectivity index is 2.33. The maximum atomic E-state index is 10.4. The molecule has 0 fully saturated rings. The largest absolute Gasteiger partial charge is 0.404 e. The summed E-state index contributed by atoms with van der Waals surface area (Å²) < 4.78 is 0. The molecule has 1 radical (unpaired) electrons. The fourth-order valence-corrected chi connectivity index (χ4v) is 1.17. The minimum Gasteiger partial charge on any atom is -0.356 e. The summed E-state index contributed by atoms with van der Waals surface area (Å²) in [5.74, 6) is -0.679. The standard InChI is InChI=1S/C9H6NO3/c11-9(12)7-5-6-3-1-2-4-8(6)13-10-7/h1-4H,5H2. The molecule has 0 atom stereocenters. The van der Waals surface area contributed by atoms with Crippen molar-refractivity contribution in [2.24, 2.45) is 5.16 Å². The van der Waals surface area contributed by atoms with Gasteiger partial charge in [-0.3, -0.25) is 0 Å². The van der Waals surface area contributed by atoms with Crippen molar-refractivity contribution in [3.05, 3.63) is 29.8 Å². The monoisotopic (exact) mass is 176 g/mol. The van der Waals surface area contributed by atoms with E-state index in [9.17, 15) is 9.90 Å². The Labute approximate surface area is 74.4 Å². The summed E-state index contributed by atoms with van der Waals surface area (Å²) in [4.78, 5) is 15.3. The molecule has 0 saturated carbocycles. The number of oxime groups is 1. The van der Waals surface area contributed by atoms with Gasteiger partial charge in [-0.2, -0.15) is 0 Å². The first kappa shape index (κ1) is 7.79. The zero-order chi connectivity index (χ0) is 9.26. The van der Waals surface area contributed by atoms with Gasteiger partial charge in [0.2, 0.25) is 0 Å². The van der Waals surface area contributed by atoms with Gasteiger partial charge in [-0.05, 0) is 6.07 Å². The molecule has 1 aliphatic heterocycles.